The Morgan fingerprint density at radius 1 is 1.40 bits per heavy atom. The lowest BCUT2D eigenvalue weighted by atomic mass is 10.0. The molecule has 2 heterocycles. The second kappa shape index (κ2) is 7.59. The van der Waals surface area contributed by atoms with Gasteiger partial charge in [0.1, 0.15) is 6.04 Å². The van der Waals surface area contributed by atoms with Crippen molar-refractivity contribution in [2.75, 3.05) is 19.7 Å². The maximum Gasteiger partial charge on any atom is 0.266 e. The van der Waals surface area contributed by atoms with Gasteiger partial charge in [0.2, 0.25) is 5.91 Å². The number of nitrogens with zero attached hydrogens (tertiary/aromatic N) is 1. The van der Waals surface area contributed by atoms with E-state index >= 15 is 0 Å². The standard InChI is InChI=1S/C14H25N3O3/c1-2-17-12(7-5-8-13(17)18)14(19)16-20-10-11-6-3-4-9-15-11/h11-12,15H,2-10H2,1H3,(H,16,19)/t11-,12-/m0/s1. The molecule has 2 aliphatic rings. The van der Waals surface area contributed by atoms with Gasteiger partial charge in [-0.05, 0) is 39.2 Å². The highest BCUT2D eigenvalue weighted by Crippen LogP contribution is 2.18. The van der Waals surface area contributed by atoms with E-state index in [9.17, 15) is 9.59 Å². The van der Waals surface area contributed by atoms with Crippen molar-refractivity contribution in [2.24, 2.45) is 0 Å². The van der Waals surface area contributed by atoms with Crippen LogP contribution in [0.25, 0.3) is 0 Å². The summed E-state index contributed by atoms with van der Waals surface area (Å²) in [6.07, 6.45) is 5.53. The minimum Gasteiger partial charge on any atom is -0.331 e. The van der Waals surface area contributed by atoms with E-state index in [4.69, 9.17) is 4.84 Å². The Hall–Kier alpha value is -1.14. The first-order valence-corrected chi connectivity index (χ1v) is 7.67. The van der Waals surface area contributed by atoms with E-state index in [0.29, 0.717) is 25.6 Å². The number of nitrogens with one attached hydrogen (secondary N) is 2. The third-order valence-corrected chi connectivity index (χ3v) is 4.08. The lowest BCUT2D eigenvalue weighted by Gasteiger charge is -2.33. The van der Waals surface area contributed by atoms with Crippen molar-refractivity contribution in [3.8, 4) is 0 Å². The molecule has 2 saturated heterocycles. The second-order valence-corrected chi connectivity index (χ2v) is 5.51. The Labute approximate surface area is 120 Å². The molecule has 0 radical (unpaired) electrons. The average Bonchev–Trinajstić information content (AvgIpc) is 2.48. The molecule has 2 amide bonds. The van der Waals surface area contributed by atoms with Crippen molar-refractivity contribution >= 4 is 11.8 Å². The highest BCUT2D eigenvalue weighted by Gasteiger charge is 2.32. The molecular formula is C14H25N3O3. The predicted octanol–water partition coefficient (Wildman–Crippen LogP) is 0.577. The van der Waals surface area contributed by atoms with E-state index in [0.717, 1.165) is 25.8 Å². The zero-order chi connectivity index (χ0) is 14.4. The highest BCUT2D eigenvalue weighted by atomic mass is 16.7. The monoisotopic (exact) mass is 283 g/mol. The number of piperidine rings is 2. The van der Waals surface area contributed by atoms with Crippen LogP contribution in [0.5, 0.6) is 0 Å². The van der Waals surface area contributed by atoms with Gasteiger partial charge in [0, 0.05) is 19.0 Å². The maximum atomic E-state index is 12.1. The molecule has 6 heteroatoms. The summed E-state index contributed by atoms with van der Waals surface area (Å²) < 4.78 is 0. The Kier molecular flexibility index (Phi) is 5.79. The molecule has 2 atom stereocenters. The smallest absolute Gasteiger partial charge is 0.266 e. The number of hydrogen-bond donors (Lipinski definition) is 2. The summed E-state index contributed by atoms with van der Waals surface area (Å²) in [5, 5.41) is 3.36. The van der Waals surface area contributed by atoms with Crippen LogP contribution in [0.15, 0.2) is 0 Å². The quantitative estimate of drug-likeness (QED) is 0.724. The molecule has 2 N–H and O–H groups in total. The SMILES string of the molecule is CCN1C(=O)CCC[C@H]1C(=O)NOC[C@@H]1CCCCN1. The van der Waals surface area contributed by atoms with Crippen molar-refractivity contribution < 1.29 is 14.4 Å². The first kappa shape index (κ1) is 15.3. The number of likely N-dealkylation sites (N-methyl/N-ethyl adjacent to an activating group) is 1. The molecule has 0 aromatic carbocycles. The van der Waals surface area contributed by atoms with Crippen LogP contribution in [0, 0.1) is 0 Å². The number of hydrogen-bond acceptors (Lipinski definition) is 4. The van der Waals surface area contributed by atoms with E-state index in [1.54, 1.807) is 4.90 Å². The molecule has 114 valence electrons. The first-order chi connectivity index (χ1) is 9.72. The lowest BCUT2D eigenvalue weighted by molar-refractivity contribution is -0.150. The number of likely N-dealkylation sites (tertiary alicyclic amines) is 1. The largest absolute Gasteiger partial charge is 0.331 e. The van der Waals surface area contributed by atoms with Gasteiger partial charge in [-0.1, -0.05) is 6.42 Å². The maximum absolute atomic E-state index is 12.1. The molecular weight excluding hydrogens is 258 g/mol. The number of carbonyl (C=O) groups excluding carboxylic acids is 2. The van der Waals surface area contributed by atoms with Crippen LogP contribution in [0.4, 0.5) is 0 Å². The average molecular weight is 283 g/mol. The fourth-order valence-electron chi connectivity index (χ4n) is 2.94. The van der Waals surface area contributed by atoms with E-state index < -0.39 is 0 Å². The molecule has 0 spiro atoms. The van der Waals surface area contributed by atoms with Crippen molar-refractivity contribution in [2.45, 2.75) is 57.5 Å². The Balaban J connectivity index is 1.74. The molecule has 2 fully saturated rings. The summed E-state index contributed by atoms with van der Waals surface area (Å²) in [5.41, 5.74) is 2.51. The Bertz CT molecular complexity index is 343. The van der Waals surface area contributed by atoms with Gasteiger partial charge in [-0.25, -0.2) is 5.48 Å². The number of rotatable bonds is 5. The van der Waals surface area contributed by atoms with Crippen LogP contribution in [-0.2, 0) is 14.4 Å². The molecule has 0 bridgehead atoms. The number of amides is 2. The fourth-order valence-corrected chi connectivity index (χ4v) is 2.94. The molecule has 0 unspecified atom stereocenters. The van der Waals surface area contributed by atoms with Gasteiger partial charge in [-0.3, -0.25) is 14.4 Å². The zero-order valence-electron chi connectivity index (χ0n) is 12.2. The van der Waals surface area contributed by atoms with Crippen LogP contribution in [0.2, 0.25) is 0 Å². The fraction of sp³-hybridized carbons (Fsp3) is 0.857. The van der Waals surface area contributed by atoms with Crippen molar-refractivity contribution in [3.05, 3.63) is 0 Å². The van der Waals surface area contributed by atoms with Crippen LogP contribution >= 0.6 is 0 Å². The lowest BCUT2D eigenvalue weighted by Crippen LogP contribution is -2.52. The summed E-state index contributed by atoms with van der Waals surface area (Å²) in [6, 6.07) is -0.0557. The third-order valence-electron chi connectivity index (χ3n) is 4.08. The topological polar surface area (TPSA) is 70.7 Å². The summed E-state index contributed by atoms with van der Waals surface area (Å²) in [6.45, 7) is 3.97. The molecule has 6 nitrogen and oxygen atoms in total. The highest BCUT2D eigenvalue weighted by molar-refractivity contribution is 5.88. The van der Waals surface area contributed by atoms with Gasteiger partial charge in [0.15, 0.2) is 0 Å². The van der Waals surface area contributed by atoms with Crippen molar-refractivity contribution in [1.29, 1.82) is 0 Å². The van der Waals surface area contributed by atoms with Crippen LogP contribution in [0.3, 0.4) is 0 Å². The summed E-state index contributed by atoms with van der Waals surface area (Å²) in [5.74, 6) is -0.136. The summed E-state index contributed by atoms with van der Waals surface area (Å²) in [4.78, 5) is 30.8. The molecule has 0 aromatic rings. The van der Waals surface area contributed by atoms with Crippen molar-refractivity contribution in [3.63, 3.8) is 0 Å². The van der Waals surface area contributed by atoms with Gasteiger partial charge in [0.05, 0.1) is 6.61 Å². The van der Waals surface area contributed by atoms with E-state index in [1.807, 2.05) is 6.92 Å². The molecule has 20 heavy (non-hydrogen) atoms. The van der Waals surface area contributed by atoms with Crippen LogP contribution in [0.1, 0.15) is 45.4 Å². The normalized spacial score (nSPS) is 27.4. The van der Waals surface area contributed by atoms with Gasteiger partial charge in [0.25, 0.3) is 5.91 Å². The summed E-state index contributed by atoms with van der Waals surface area (Å²) in [7, 11) is 0. The molecule has 0 saturated carbocycles. The summed E-state index contributed by atoms with van der Waals surface area (Å²) >= 11 is 0. The zero-order valence-corrected chi connectivity index (χ0v) is 12.2. The Morgan fingerprint density at radius 2 is 2.25 bits per heavy atom. The van der Waals surface area contributed by atoms with Crippen LogP contribution < -0.4 is 10.8 Å². The third kappa shape index (κ3) is 3.93. The van der Waals surface area contributed by atoms with E-state index in [2.05, 4.69) is 10.8 Å². The molecule has 2 rings (SSSR count). The molecule has 0 aromatic heterocycles. The van der Waals surface area contributed by atoms with Gasteiger partial charge < -0.3 is 10.2 Å². The molecule has 2 aliphatic heterocycles. The predicted molar refractivity (Wildman–Crippen MR) is 74.8 cm³/mol. The van der Waals surface area contributed by atoms with Crippen LogP contribution in [-0.4, -0.2) is 48.5 Å². The first-order valence-electron chi connectivity index (χ1n) is 7.67. The van der Waals surface area contributed by atoms with E-state index in [-0.39, 0.29) is 17.9 Å². The van der Waals surface area contributed by atoms with Gasteiger partial charge in [-0.15, -0.1) is 0 Å². The number of carbonyl (C=O) groups is 2. The van der Waals surface area contributed by atoms with Gasteiger partial charge >= 0.3 is 0 Å². The molecule has 0 aliphatic carbocycles. The number of hydroxylamine groups is 1. The minimum atomic E-state index is -0.374. The van der Waals surface area contributed by atoms with Gasteiger partial charge in [-0.2, -0.15) is 0 Å². The Morgan fingerprint density at radius 3 is 2.95 bits per heavy atom. The van der Waals surface area contributed by atoms with E-state index in [1.165, 1.54) is 12.8 Å². The second-order valence-electron chi connectivity index (χ2n) is 5.51. The minimum absolute atomic E-state index is 0.0628. The van der Waals surface area contributed by atoms with Crippen molar-refractivity contribution in [1.82, 2.24) is 15.7 Å².